The van der Waals surface area contributed by atoms with E-state index < -0.39 is 10.0 Å². The van der Waals surface area contributed by atoms with E-state index in [1.54, 1.807) is 17.0 Å². The molecule has 1 N–H and O–H groups in total. The molecule has 1 aromatic carbocycles. The van der Waals surface area contributed by atoms with Crippen LogP contribution in [0.4, 0.5) is 0 Å². The largest absolute Gasteiger partial charge is 0.349 e. The second kappa shape index (κ2) is 9.71. The minimum Gasteiger partial charge on any atom is -0.349 e. The third kappa shape index (κ3) is 5.57. The molecule has 0 atom stereocenters. The molecule has 0 radical (unpaired) electrons. The second-order valence-electron chi connectivity index (χ2n) is 7.95. The average Bonchev–Trinajstić information content (AvgIpc) is 2.70. The van der Waals surface area contributed by atoms with Crippen molar-refractivity contribution in [1.29, 1.82) is 0 Å². The van der Waals surface area contributed by atoms with E-state index in [9.17, 15) is 18.0 Å². The van der Waals surface area contributed by atoms with E-state index in [0.717, 1.165) is 25.7 Å². The fraction of sp³-hybridized carbons (Fsp3) is 0.619. The van der Waals surface area contributed by atoms with Gasteiger partial charge in [-0.1, -0.05) is 38.2 Å². The summed E-state index contributed by atoms with van der Waals surface area (Å²) in [5.74, 6) is -0.260. The van der Waals surface area contributed by atoms with Crippen molar-refractivity contribution in [3.05, 3.63) is 29.8 Å². The first kappa shape index (κ1) is 21.8. The van der Waals surface area contributed by atoms with Crippen molar-refractivity contribution >= 4 is 21.8 Å². The Bertz CT molecular complexity index is 824. The normalized spacial score (nSPS) is 20.0. The van der Waals surface area contributed by atoms with Crippen LogP contribution in [0.5, 0.6) is 0 Å². The molecule has 8 heteroatoms. The fourth-order valence-corrected chi connectivity index (χ4v) is 5.53. The van der Waals surface area contributed by atoms with Crippen LogP contribution in [0.1, 0.15) is 62.2 Å². The Morgan fingerprint density at radius 2 is 1.59 bits per heavy atom. The van der Waals surface area contributed by atoms with Crippen molar-refractivity contribution in [2.45, 2.75) is 62.8 Å². The number of nitrogens with zero attached hydrogens (tertiary/aromatic N) is 2. The Labute approximate surface area is 173 Å². The molecule has 1 saturated carbocycles. The molecule has 2 fully saturated rings. The van der Waals surface area contributed by atoms with Crippen LogP contribution in [0.2, 0.25) is 0 Å². The number of carbonyl (C=O) groups excluding carboxylic acids is 2. The van der Waals surface area contributed by atoms with Gasteiger partial charge >= 0.3 is 0 Å². The molecule has 0 spiro atoms. The van der Waals surface area contributed by atoms with E-state index in [0.29, 0.717) is 18.7 Å². The highest BCUT2D eigenvalue weighted by molar-refractivity contribution is 7.89. The molecule has 0 bridgehead atoms. The van der Waals surface area contributed by atoms with Crippen molar-refractivity contribution in [2.24, 2.45) is 0 Å². The van der Waals surface area contributed by atoms with Crippen LogP contribution in [-0.4, -0.2) is 61.7 Å². The first-order chi connectivity index (χ1) is 13.9. The predicted molar refractivity (Wildman–Crippen MR) is 111 cm³/mol. The summed E-state index contributed by atoms with van der Waals surface area (Å²) in [5, 5.41) is 3.09. The summed E-state index contributed by atoms with van der Waals surface area (Å²) in [6.45, 7) is 2.79. The fourth-order valence-electron chi connectivity index (χ4n) is 4.06. The lowest BCUT2D eigenvalue weighted by Crippen LogP contribution is -2.49. The molecule has 7 nitrogen and oxygen atoms in total. The van der Waals surface area contributed by atoms with Gasteiger partial charge < -0.3 is 10.2 Å². The first-order valence-electron chi connectivity index (χ1n) is 10.5. The smallest absolute Gasteiger partial charge is 0.251 e. The van der Waals surface area contributed by atoms with Crippen LogP contribution in [0.25, 0.3) is 0 Å². The van der Waals surface area contributed by atoms with Crippen LogP contribution in [-0.2, 0) is 14.8 Å². The monoisotopic (exact) mass is 421 g/mol. The number of nitrogens with one attached hydrogen (secondary N) is 1. The third-order valence-electron chi connectivity index (χ3n) is 5.86. The predicted octanol–water partition coefficient (Wildman–Crippen LogP) is 2.38. The summed E-state index contributed by atoms with van der Waals surface area (Å²) in [6.07, 6.45) is 7.86. The van der Waals surface area contributed by atoms with E-state index in [-0.39, 0.29) is 35.8 Å². The topological polar surface area (TPSA) is 86.8 Å². The Morgan fingerprint density at radius 3 is 2.21 bits per heavy atom. The zero-order chi connectivity index (χ0) is 20.9. The molecule has 1 aliphatic heterocycles. The van der Waals surface area contributed by atoms with Gasteiger partial charge in [0.2, 0.25) is 15.9 Å². The zero-order valence-electron chi connectivity index (χ0n) is 17.1. The average molecular weight is 422 g/mol. The van der Waals surface area contributed by atoms with Crippen LogP contribution in [0.3, 0.4) is 0 Å². The Morgan fingerprint density at radius 1 is 0.966 bits per heavy atom. The molecule has 160 valence electrons. The van der Waals surface area contributed by atoms with Gasteiger partial charge in [-0.25, -0.2) is 8.42 Å². The number of hydrogen-bond acceptors (Lipinski definition) is 4. The van der Waals surface area contributed by atoms with Crippen LogP contribution < -0.4 is 5.32 Å². The molecule has 0 unspecified atom stereocenters. The molecule has 1 aromatic rings. The van der Waals surface area contributed by atoms with Gasteiger partial charge in [0.25, 0.3) is 5.91 Å². The molecule has 29 heavy (non-hydrogen) atoms. The highest BCUT2D eigenvalue weighted by atomic mass is 32.2. The van der Waals surface area contributed by atoms with Crippen LogP contribution in [0, 0.1) is 0 Å². The number of piperazine rings is 1. The SMILES string of the molecule is CC(=O)N1CCN(S(=O)(=O)c2cccc(C(=O)NC3CCCCCCC3)c2)CC1. The molecule has 1 aliphatic carbocycles. The van der Waals surface area contributed by atoms with E-state index >= 15 is 0 Å². The molecule has 2 amide bonds. The minimum atomic E-state index is -3.70. The number of rotatable bonds is 4. The summed E-state index contributed by atoms with van der Waals surface area (Å²) in [6, 6.07) is 6.42. The van der Waals surface area contributed by atoms with Gasteiger partial charge in [-0.05, 0) is 31.0 Å². The summed E-state index contributed by atoms with van der Waals surface area (Å²) >= 11 is 0. The summed E-state index contributed by atoms with van der Waals surface area (Å²) in [7, 11) is -3.70. The number of carbonyl (C=O) groups is 2. The summed E-state index contributed by atoms with van der Waals surface area (Å²) in [4.78, 5) is 26.0. The standard InChI is InChI=1S/C21H31N3O4S/c1-17(25)23-12-14-24(15-13-23)29(27,28)20-11-7-8-18(16-20)21(26)22-19-9-5-3-2-4-6-10-19/h7-8,11,16,19H,2-6,9-10,12-15H2,1H3,(H,22,26). The van der Waals surface area contributed by atoms with Gasteiger partial charge in [-0.15, -0.1) is 0 Å². The molecular weight excluding hydrogens is 390 g/mol. The highest BCUT2D eigenvalue weighted by Gasteiger charge is 2.29. The zero-order valence-corrected chi connectivity index (χ0v) is 17.9. The molecule has 2 aliphatic rings. The first-order valence-corrected chi connectivity index (χ1v) is 12.0. The van der Waals surface area contributed by atoms with Gasteiger partial charge in [0.1, 0.15) is 0 Å². The Hall–Kier alpha value is -1.93. The number of sulfonamides is 1. The molecular formula is C21H31N3O4S. The maximum Gasteiger partial charge on any atom is 0.251 e. The lowest BCUT2D eigenvalue weighted by Gasteiger charge is -2.33. The number of amides is 2. The second-order valence-corrected chi connectivity index (χ2v) is 9.89. The third-order valence-corrected chi connectivity index (χ3v) is 7.75. The lowest BCUT2D eigenvalue weighted by atomic mass is 9.96. The molecule has 1 heterocycles. The van der Waals surface area contributed by atoms with E-state index in [1.807, 2.05) is 0 Å². The number of benzene rings is 1. The van der Waals surface area contributed by atoms with Gasteiger partial charge in [-0.2, -0.15) is 4.31 Å². The van der Waals surface area contributed by atoms with Gasteiger partial charge in [-0.3, -0.25) is 9.59 Å². The van der Waals surface area contributed by atoms with Crippen molar-refractivity contribution in [3.63, 3.8) is 0 Å². The quantitative estimate of drug-likeness (QED) is 0.809. The van der Waals surface area contributed by atoms with Crippen molar-refractivity contribution in [2.75, 3.05) is 26.2 Å². The Kier molecular flexibility index (Phi) is 7.29. The van der Waals surface area contributed by atoms with Crippen molar-refractivity contribution in [3.8, 4) is 0 Å². The summed E-state index contributed by atoms with van der Waals surface area (Å²) in [5.41, 5.74) is 0.371. The Balaban J connectivity index is 1.68. The molecule has 1 saturated heterocycles. The minimum absolute atomic E-state index is 0.0464. The van der Waals surface area contributed by atoms with Gasteiger partial charge in [0.15, 0.2) is 0 Å². The van der Waals surface area contributed by atoms with E-state index in [4.69, 9.17) is 0 Å². The van der Waals surface area contributed by atoms with Crippen molar-refractivity contribution in [1.82, 2.24) is 14.5 Å². The van der Waals surface area contributed by atoms with E-state index in [1.165, 1.54) is 42.6 Å². The molecule has 0 aromatic heterocycles. The maximum atomic E-state index is 13.0. The highest BCUT2D eigenvalue weighted by Crippen LogP contribution is 2.20. The molecule has 3 rings (SSSR count). The van der Waals surface area contributed by atoms with Gasteiger partial charge in [0, 0.05) is 44.7 Å². The van der Waals surface area contributed by atoms with E-state index in [2.05, 4.69) is 5.32 Å². The lowest BCUT2D eigenvalue weighted by molar-refractivity contribution is -0.129. The van der Waals surface area contributed by atoms with Gasteiger partial charge in [0.05, 0.1) is 4.90 Å². The van der Waals surface area contributed by atoms with Crippen LogP contribution >= 0.6 is 0 Å². The number of hydrogen-bond donors (Lipinski definition) is 1. The summed E-state index contributed by atoms with van der Waals surface area (Å²) < 4.78 is 27.4. The maximum absolute atomic E-state index is 13.0. The van der Waals surface area contributed by atoms with Crippen LogP contribution in [0.15, 0.2) is 29.2 Å². The van der Waals surface area contributed by atoms with Crippen molar-refractivity contribution < 1.29 is 18.0 Å².